The van der Waals surface area contributed by atoms with Gasteiger partial charge in [0.25, 0.3) is 0 Å². The Kier molecular flexibility index (Phi) is 6.90. The Hall–Kier alpha value is -1.55. The first-order valence-electron chi connectivity index (χ1n) is 8.91. The molecule has 4 nitrogen and oxygen atoms in total. The Labute approximate surface area is 140 Å². The molecule has 0 saturated carbocycles. The summed E-state index contributed by atoms with van der Waals surface area (Å²) >= 11 is 0. The van der Waals surface area contributed by atoms with Crippen molar-refractivity contribution < 1.29 is 4.79 Å². The van der Waals surface area contributed by atoms with Crippen molar-refractivity contribution in [3.05, 3.63) is 29.8 Å². The van der Waals surface area contributed by atoms with Crippen molar-refractivity contribution in [2.24, 2.45) is 0 Å². The van der Waals surface area contributed by atoms with Crippen molar-refractivity contribution in [1.29, 1.82) is 0 Å². The maximum absolute atomic E-state index is 12.5. The number of carbonyl (C=O) groups excluding carboxylic acids is 1. The van der Waals surface area contributed by atoms with E-state index in [4.69, 9.17) is 0 Å². The van der Waals surface area contributed by atoms with Gasteiger partial charge in [-0.3, -0.25) is 9.69 Å². The van der Waals surface area contributed by atoms with Crippen LogP contribution in [0.15, 0.2) is 24.3 Å². The molecule has 0 aliphatic carbocycles. The second kappa shape index (κ2) is 8.92. The van der Waals surface area contributed by atoms with Crippen LogP contribution in [0.1, 0.15) is 38.2 Å². The minimum Gasteiger partial charge on any atom is -0.370 e. The van der Waals surface area contributed by atoms with Crippen molar-refractivity contribution in [3.63, 3.8) is 0 Å². The normalized spacial score (nSPS) is 19.2. The number of carbonyl (C=O) groups is 1. The highest BCUT2D eigenvalue weighted by molar-refractivity contribution is 5.81. The molecule has 1 unspecified atom stereocenters. The lowest BCUT2D eigenvalue weighted by Crippen LogP contribution is -2.46. The van der Waals surface area contributed by atoms with Crippen molar-refractivity contribution in [3.8, 4) is 0 Å². The molecule has 1 aliphatic heterocycles. The van der Waals surface area contributed by atoms with Crippen molar-refractivity contribution in [2.75, 3.05) is 38.1 Å². The minimum atomic E-state index is 0.0477. The fraction of sp³-hybridized carbons (Fsp3) is 0.632. The summed E-state index contributed by atoms with van der Waals surface area (Å²) in [4.78, 5) is 17.0. The number of nitrogens with zero attached hydrogens (tertiary/aromatic N) is 2. The van der Waals surface area contributed by atoms with Gasteiger partial charge < -0.3 is 10.2 Å². The molecule has 0 bridgehead atoms. The molecule has 1 aromatic carbocycles. The highest BCUT2D eigenvalue weighted by Crippen LogP contribution is 2.16. The van der Waals surface area contributed by atoms with E-state index in [0.717, 1.165) is 32.5 Å². The van der Waals surface area contributed by atoms with Crippen LogP contribution in [0.2, 0.25) is 0 Å². The lowest BCUT2D eigenvalue weighted by Gasteiger charge is -2.27. The van der Waals surface area contributed by atoms with E-state index in [1.165, 1.54) is 24.1 Å². The predicted molar refractivity (Wildman–Crippen MR) is 97.0 cm³/mol. The molecule has 23 heavy (non-hydrogen) atoms. The zero-order valence-electron chi connectivity index (χ0n) is 14.8. The first-order valence-corrected chi connectivity index (χ1v) is 8.91. The lowest BCUT2D eigenvalue weighted by atomic mass is 10.1. The summed E-state index contributed by atoms with van der Waals surface area (Å²) in [6.07, 6.45) is 4.59. The van der Waals surface area contributed by atoms with E-state index in [0.29, 0.717) is 6.54 Å². The molecule has 1 fully saturated rings. The van der Waals surface area contributed by atoms with Crippen LogP contribution in [0.25, 0.3) is 0 Å². The van der Waals surface area contributed by atoms with Gasteiger partial charge in [0.05, 0.1) is 6.04 Å². The van der Waals surface area contributed by atoms with Gasteiger partial charge in [-0.05, 0) is 58.0 Å². The van der Waals surface area contributed by atoms with E-state index >= 15 is 0 Å². The summed E-state index contributed by atoms with van der Waals surface area (Å²) in [7, 11) is 2.07. The summed E-state index contributed by atoms with van der Waals surface area (Å²) < 4.78 is 0. The van der Waals surface area contributed by atoms with E-state index in [1.807, 2.05) is 0 Å². The van der Waals surface area contributed by atoms with Gasteiger partial charge in [0.15, 0.2) is 0 Å². The second-order valence-corrected chi connectivity index (χ2v) is 6.56. The molecule has 128 valence electrons. The zero-order valence-corrected chi connectivity index (χ0v) is 14.8. The van der Waals surface area contributed by atoms with Gasteiger partial charge in [-0.15, -0.1) is 0 Å². The smallest absolute Gasteiger partial charge is 0.237 e. The SMILES string of the molecule is CCN(CCNC(=O)C1CCCCCN1C)c1cccc(C)c1. The Balaban J connectivity index is 1.83. The van der Waals surface area contributed by atoms with E-state index < -0.39 is 0 Å². The highest BCUT2D eigenvalue weighted by atomic mass is 16.2. The Bertz CT molecular complexity index is 503. The van der Waals surface area contributed by atoms with Crippen LogP contribution < -0.4 is 10.2 Å². The third kappa shape index (κ3) is 5.24. The molecule has 1 aromatic rings. The zero-order chi connectivity index (χ0) is 16.7. The fourth-order valence-electron chi connectivity index (χ4n) is 3.31. The summed E-state index contributed by atoms with van der Waals surface area (Å²) in [6, 6.07) is 8.58. The number of amides is 1. The van der Waals surface area contributed by atoms with Crippen LogP contribution >= 0.6 is 0 Å². The van der Waals surface area contributed by atoms with Gasteiger partial charge in [-0.1, -0.05) is 25.0 Å². The largest absolute Gasteiger partial charge is 0.370 e. The molecule has 0 radical (unpaired) electrons. The molecule has 2 rings (SSSR count). The van der Waals surface area contributed by atoms with Crippen LogP contribution in [0, 0.1) is 6.92 Å². The minimum absolute atomic E-state index is 0.0477. The predicted octanol–water partition coefficient (Wildman–Crippen LogP) is 2.81. The third-order valence-corrected chi connectivity index (χ3v) is 4.75. The van der Waals surface area contributed by atoms with E-state index in [2.05, 4.69) is 60.3 Å². The Morgan fingerprint density at radius 1 is 1.35 bits per heavy atom. The van der Waals surface area contributed by atoms with Crippen molar-refractivity contribution in [2.45, 2.75) is 45.6 Å². The fourth-order valence-corrected chi connectivity index (χ4v) is 3.31. The van der Waals surface area contributed by atoms with Gasteiger partial charge in [-0.25, -0.2) is 0 Å². The van der Waals surface area contributed by atoms with Crippen LogP contribution in [0.4, 0.5) is 5.69 Å². The van der Waals surface area contributed by atoms with Gasteiger partial charge in [0.2, 0.25) is 5.91 Å². The van der Waals surface area contributed by atoms with Crippen LogP contribution in [-0.4, -0.2) is 50.1 Å². The van der Waals surface area contributed by atoms with Gasteiger partial charge in [0, 0.05) is 25.3 Å². The van der Waals surface area contributed by atoms with Crippen LogP contribution in [0.5, 0.6) is 0 Å². The average Bonchev–Trinajstić information content (AvgIpc) is 2.76. The quantitative estimate of drug-likeness (QED) is 0.876. The summed E-state index contributed by atoms with van der Waals surface area (Å²) in [5.41, 5.74) is 2.50. The number of benzene rings is 1. The number of hydrogen-bond donors (Lipinski definition) is 1. The number of hydrogen-bond acceptors (Lipinski definition) is 3. The molecular formula is C19H31N3O. The van der Waals surface area contributed by atoms with Crippen molar-refractivity contribution >= 4 is 11.6 Å². The topological polar surface area (TPSA) is 35.6 Å². The molecule has 1 atom stereocenters. The molecule has 1 heterocycles. The lowest BCUT2D eigenvalue weighted by molar-refractivity contribution is -0.126. The number of nitrogens with one attached hydrogen (secondary N) is 1. The Morgan fingerprint density at radius 2 is 2.17 bits per heavy atom. The molecular weight excluding hydrogens is 286 g/mol. The van der Waals surface area contributed by atoms with Crippen molar-refractivity contribution in [1.82, 2.24) is 10.2 Å². The first kappa shape index (κ1) is 17.8. The molecule has 0 aromatic heterocycles. The molecule has 1 saturated heterocycles. The summed E-state index contributed by atoms with van der Waals surface area (Å²) in [5, 5.41) is 3.14. The Morgan fingerprint density at radius 3 is 2.91 bits per heavy atom. The number of likely N-dealkylation sites (N-methyl/N-ethyl adjacent to an activating group) is 2. The summed E-state index contributed by atoms with van der Waals surface area (Å²) in [5.74, 6) is 0.190. The molecule has 1 aliphatic rings. The highest BCUT2D eigenvalue weighted by Gasteiger charge is 2.24. The standard InChI is InChI=1S/C19H31N3O/c1-4-22(17-10-8-9-16(2)15-17)14-12-20-19(23)18-11-6-5-7-13-21(18)3/h8-10,15,18H,4-7,11-14H2,1-3H3,(H,20,23). The van der Waals surface area contributed by atoms with Gasteiger partial charge >= 0.3 is 0 Å². The number of aryl methyl sites for hydroxylation is 1. The molecule has 1 N–H and O–H groups in total. The molecule has 0 spiro atoms. The number of rotatable bonds is 6. The second-order valence-electron chi connectivity index (χ2n) is 6.56. The van der Waals surface area contributed by atoms with Gasteiger partial charge in [0.1, 0.15) is 0 Å². The van der Waals surface area contributed by atoms with E-state index in [-0.39, 0.29) is 11.9 Å². The summed E-state index contributed by atoms with van der Waals surface area (Å²) in [6.45, 7) is 7.79. The van der Waals surface area contributed by atoms with E-state index in [1.54, 1.807) is 0 Å². The van der Waals surface area contributed by atoms with Crippen LogP contribution in [0.3, 0.4) is 0 Å². The monoisotopic (exact) mass is 317 g/mol. The van der Waals surface area contributed by atoms with E-state index in [9.17, 15) is 4.79 Å². The number of likely N-dealkylation sites (tertiary alicyclic amines) is 1. The molecule has 4 heteroatoms. The third-order valence-electron chi connectivity index (χ3n) is 4.75. The van der Waals surface area contributed by atoms with Gasteiger partial charge in [-0.2, -0.15) is 0 Å². The average molecular weight is 317 g/mol. The molecule has 1 amide bonds. The maximum Gasteiger partial charge on any atom is 0.237 e. The first-order chi connectivity index (χ1) is 11.1. The van der Waals surface area contributed by atoms with Crippen LogP contribution in [-0.2, 0) is 4.79 Å². The maximum atomic E-state index is 12.5. The number of anilines is 1.